The van der Waals surface area contributed by atoms with Gasteiger partial charge in [-0.15, -0.1) is 0 Å². The van der Waals surface area contributed by atoms with Gasteiger partial charge in [0.15, 0.2) is 0 Å². The highest BCUT2D eigenvalue weighted by Gasteiger charge is 2.43. The number of aliphatic imine (C=N–C) groups is 1. The topological polar surface area (TPSA) is 27.6 Å². The average Bonchev–Trinajstić information content (AvgIpc) is 2.90. The van der Waals surface area contributed by atoms with E-state index < -0.39 is 0 Å². The molecule has 0 radical (unpaired) electrons. The molecule has 0 amide bonds. The third-order valence-electron chi connectivity index (χ3n) is 5.35. The molecule has 1 N–H and O–H groups in total. The zero-order valence-electron chi connectivity index (χ0n) is 15.3. The molecule has 1 aromatic carbocycles. The highest BCUT2D eigenvalue weighted by molar-refractivity contribution is 5.87. The second-order valence-electron chi connectivity index (χ2n) is 6.67. The molecule has 3 nitrogen and oxygen atoms in total. The fourth-order valence-corrected chi connectivity index (χ4v) is 3.88. The van der Waals surface area contributed by atoms with Gasteiger partial charge in [0.2, 0.25) is 0 Å². The second-order valence-corrected chi connectivity index (χ2v) is 6.67. The number of likely N-dealkylation sites (N-methyl/N-ethyl adjacent to an activating group) is 1. The van der Waals surface area contributed by atoms with Crippen molar-refractivity contribution in [2.45, 2.75) is 58.4 Å². The third-order valence-corrected chi connectivity index (χ3v) is 5.35. The fraction of sp³-hybridized carbons (Fsp3) is 0.650. The molecule has 0 spiro atoms. The average molecular weight is 316 g/mol. The number of nitrogens with one attached hydrogen (secondary N) is 1. The Morgan fingerprint density at radius 1 is 1.17 bits per heavy atom. The van der Waals surface area contributed by atoms with Gasteiger partial charge in [-0.2, -0.15) is 0 Å². The largest absolute Gasteiger partial charge is 0.370 e. The van der Waals surface area contributed by atoms with Gasteiger partial charge in [-0.05, 0) is 32.0 Å². The Bertz CT molecular complexity index is 493. The zero-order valence-corrected chi connectivity index (χ0v) is 15.3. The molecule has 1 aliphatic rings. The van der Waals surface area contributed by atoms with E-state index in [0.717, 1.165) is 32.6 Å². The Morgan fingerprint density at radius 3 is 2.48 bits per heavy atom. The summed E-state index contributed by atoms with van der Waals surface area (Å²) >= 11 is 0. The van der Waals surface area contributed by atoms with E-state index in [1.165, 1.54) is 24.2 Å². The number of amidine groups is 1. The minimum Gasteiger partial charge on any atom is -0.370 e. The summed E-state index contributed by atoms with van der Waals surface area (Å²) < 4.78 is 0. The number of hydrogen-bond acceptors (Lipinski definition) is 2. The molecule has 2 atom stereocenters. The summed E-state index contributed by atoms with van der Waals surface area (Å²) in [4.78, 5) is 7.31. The third kappa shape index (κ3) is 4.14. The number of rotatable bonds is 8. The van der Waals surface area contributed by atoms with Crippen LogP contribution in [0.4, 0.5) is 0 Å². The van der Waals surface area contributed by atoms with Crippen LogP contribution in [-0.4, -0.2) is 43.0 Å². The molecule has 1 heterocycles. The highest BCUT2D eigenvalue weighted by atomic mass is 15.1. The molecule has 0 aliphatic carbocycles. The maximum Gasteiger partial charge on any atom is 0.0975 e. The van der Waals surface area contributed by atoms with Crippen LogP contribution in [0.25, 0.3) is 0 Å². The van der Waals surface area contributed by atoms with Crippen LogP contribution in [0.5, 0.6) is 0 Å². The van der Waals surface area contributed by atoms with Crippen LogP contribution in [0.2, 0.25) is 0 Å². The van der Waals surface area contributed by atoms with Crippen molar-refractivity contribution in [1.82, 2.24) is 10.2 Å². The normalized spacial score (nSPS) is 26.0. The van der Waals surface area contributed by atoms with Crippen LogP contribution in [0, 0.1) is 0 Å². The molecule has 1 aliphatic heterocycles. The van der Waals surface area contributed by atoms with E-state index in [2.05, 4.69) is 68.2 Å². The first-order chi connectivity index (χ1) is 11.2. The monoisotopic (exact) mass is 315 g/mol. The number of hydrogen-bond donors (Lipinski definition) is 1. The Labute approximate surface area is 142 Å². The van der Waals surface area contributed by atoms with E-state index >= 15 is 0 Å². The first kappa shape index (κ1) is 18.0. The van der Waals surface area contributed by atoms with E-state index in [4.69, 9.17) is 4.99 Å². The molecule has 2 unspecified atom stereocenters. The molecule has 0 bridgehead atoms. The molecule has 0 aromatic heterocycles. The second kappa shape index (κ2) is 8.49. The van der Waals surface area contributed by atoms with Gasteiger partial charge in [0.05, 0.1) is 12.4 Å². The van der Waals surface area contributed by atoms with Gasteiger partial charge in [0.1, 0.15) is 0 Å². The predicted octanol–water partition coefficient (Wildman–Crippen LogP) is 3.85. The van der Waals surface area contributed by atoms with Crippen LogP contribution in [0.3, 0.4) is 0 Å². The van der Waals surface area contributed by atoms with E-state index in [1.807, 2.05) is 0 Å². The van der Waals surface area contributed by atoms with Crippen LogP contribution < -0.4 is 5.32 Å². The van der Waals surface area contributed by atoms with Crippen molar-refractivity contribution in [3.05, 3.63) is 35.9 Å². The molecule has 1 aromatic rings. The molecule has 128 valence electrons. The van der Waals surface area contributed by atoms with Crippen molar-refractivity contribution >= 4 is 5.84 Å². The molecule has 1 fully saturated rings. The van der Waals surface area contributed by atoms with Gasteiger partial charge >= 0.3 is 0 Å². The SMILES string of the molecule is CCCC1(c2ccccc2)CC(=NCCN(CC)CC)NC1C. The standard InChI is InChI=1S/C20H33N3/c1-5-13-20(18-11-9-8-10-12-18)16-19(22-17(20)4)21-14-15-23(6-2)7-3/h8-12,17H,5-7,13-16H2,1-4H3,(H,21,22). The lowest BCUT2D eigenvalue weighted by atomic mass is 9.71. The summed E-state index contributed by atoms with van der Waals surface area (Å²) in [6, 6.07) is 11.4. The molecular formula is C20H33N3. The Balaban J connectivity index is 2.11. The van der Waals surface area contributed by atoms with Crippen molar-refractivity contribution in [1.29, 1.82) is 0 Å². The highest BCUT2D eigenvalue weighted by Crippen LogP contribution is 2.40. The van der Waals surface area contributed by atoms with Gasteiger partial charge in [-0.1, -0.05) is 57.5 Å². The quantitative estimate of drug-likeness (QED) is 0.789. The molecular weight excluding hydrogens is 282 g/mol. The molecule has 0 saturated carbocycles. The summed E-state index contributed by atoms with van der Waals surface area (Å²) in [6.45, 7) is 13.2. The van der Waals surface area contributed by atoms with E-state index in [-0.39, 0.29) is 5.41 Å². The van der Waals surface area contributed by atoms with Crippen LogP contribution in [0.1, 0.15) is 52.5 Å². The molecule has 1 saturated heterocycles. The summed E-state index contributed by atoms with van der Waals surface area (Å²) in [5, 5.41) is 3.67. The van der Waals surface area contributed by atoms with Gasteiger partial charge < -0.3 is 10.2 Å². The van der Waals surface area contributed by atoms with Gasteiger partial charge in [-0.3, -0.25) is 4.99 Å². The van der Waals surface area contributed by atoms with Gasteiger partial charge in [0, 0.05) is 24.4 Å². The van der Waals surface area contributed by atoms with Crippen molar-refractivity contribution in [2.24, 2.45) is 4.99 Å². The molecule has 23 heavy (non-hydrogen) atoms. The summed E-state index contributed by atoms with van der Waals surface area (Å²) in [6.07, 6.45) is 3.46. The van der Waals surface area contributed by atoms with Gasteiger partial charge in [0.25, 0.3) is 0 Å². The van der Waals surface area contributed by atoms with Crippen molar-refractivity contribution in [3.8, 4) is 0 Å². The maximum absolute atomic E-state index is 4.88. The van der Waals surface area contributed by atoms with E-state index in [1.54, 1.807) is 0 Å². The van der Waals surface area contributed by atoms with Crippen molar-refractivity contribution in [2.75, 3.05) is 26.2 Å². The summed E-state index contributed by atoms with van der Waals surface area (Å²) in [7, 11) is 0. The minimum absolute atomic E-state index is 0.198. The first-order valence-electron chi connectivity index (χ1n) is 9.24. The lowest BCUT2D eigenvalue weighted by Crippen LogP contribution is -2.38. The number of benzene rings is 1. The predicted molar refractivity (Wildman–Crippen MR) is 100 cm³/mol. The number of nitrogens with zero attached hydrogens (tertiary/aromatic N) is 2. The maximum atomic E-state index is 4.88. The lowest BCUT2D eigenvalue weighted by molar-refractivity contribution is 0.313. The Hall–Kier alpha value is -1.35. The zero-order chi connectivity index (χ0) is 16.7. The van der Waals surface area contributed by atoms with E-state index in [0.29, 0.717) is 6.04 Å². The van der Waals surface area contributed by atoms with Crippen LogP contribution >= 0.6 is 0 Å². The summed E-state index contributed by atoms with van der Waals surface area (Å²) in [5.41, 5.74) is 1.65. The van der Waals surface area contributed by atoms with Gasteiger partial charge in [-0.25, -0.2) is 0 Å². The van der Waals surface area contributed by atoms with Crippen LogP contribution in [0.15, 0.2) is 35.3 Å². The summed E-state index contributed by atoms with van der Waals surface area (Å²) in [5.74, 6) is 1.20. The van der Waals surface area contributed by atoms with Crippen molar-refractivity contribution in [3.63, 3.8) is 0 Å². The lowest BCUT2D eigenvalue weighted by Gasteiger charge is -2.33. The van der Waals surface area contributed by atoms with E-state index in [9.17, 15) is 0 Å². The fourth-order valence-electron chi connectivity index (χ4n) is 3.88. The Morgan fingerprint density at radius 2 is 1.87 bits per heavy atom. The van der Waals surface area contributed by atoms with Crippen molar-refractivity contribution < 1.29 is 0 Å². The minimum atomic E-state index is 0.198. The smallest absolute Gasteiger partial charge is 0.0975 e. The molecule has 3 heteroatoms. The van der Waals surface area contributed by atoms with Crippen LogP contribution in [-0.2, 0) is 5.41 Å². The molecule has 2 rings (SSSR count). The first-order valence-corrected chi connectivity index (χ1v) is 9.24. The Kier molecular flexibility index (Phi) is 6.64.